The van der Waals surface area contributed by atoms with Gasteiger partial charge in [0.05, 0.1) is 0 Å². The Labute approximate surface area is 195 Å². The molecule has 2 saturated heterocycles. The fourth-order valence-electron chi connectivity index (χ4n) is 4.16. The van der Waals surface area contributed by atoms with Gasteiger partial charge in [-0.15, -0.1) is 26.3 Å². The molecule has 4 heteroatoms. The normalized spacial score (nSPS) is 24.3. The summed E-state index contributed by atoms with van der Waals surface area (Å²) in [5, 5.41) is 13.3. The van der Waals surface area contributed by atoms with Gasteiger partial charge in [0, 0.05) is 26.2 Å². The third-order valence-electron chi connectivity index (χ3n) is 5.90. The van der Waals surface area contributed by atoms with Gasteiger partial charge in [-0.2, -0.15) is 0 Å². The third-order valence-corrected chi connectivity index (χ3v) is 5.90. The average Bonchev–Trinajstić information content (AvgIpc) is 3.22. The van der Waals surface area contributed by atoms with Crippen molar-refractivity contribution in [3.8, 4) is 0 Å². The summed E-state index contributed by atoms with van der Waals surface area (Å²) in [5.41, 5.74) is 0. The van der Waals surface area contributed by atoms with Crippen LogP contribution in [0.1, 0.15) is 47.0 Å². The number of hydrogen-bond donors (Lipinski definition) is 4. The largest absolute Gasteiger partial charge is 0.316 e. The zero-order chi connectivity index (χ0) is 22.5. The van der Waals surface area contributed by atoms with Crippen molar-refractivity contribution in [1.29, 1.82) is 0 Å². The van der Waals surface area contributed by atoms with Crippen molar-refractivity contribution in [3.05, 3.63) is 50.6 Å². The summed E-state index contributed by atoms with van der Waals surface area (Å²) < 4.78 is 0. The van der Waals surface area contributed by atoms with Crippen LogP contribution in [0.25, 0.3) is 0 Å². The van der Waals surface area contributed by atoms with E-state index >= 15 is 0 Å². The highest BCUT2D eigenvalue weighted by atomic mass is 14.9. The first-order valence-corrected chi connectivity index (χ1v) is 11.9. The van der Waals surface area contributed by atoms with Crippen LogP contribution in [0.5, 0.6) is 0 Å². The molecule has 0 saturated carbocycles. The monoisotopic (exact) mass is 434 g/mol. The molecule has 2 rings (SSSR count). The van der Waals surface area contributed by atoms with Gasteiger partial charge in [-0.1, -0.05) is 58.4 Å². The van der Waals surface area contributed by atoms with Crippen molar-refractivity contribution in [3.63, 3.8) is 0 Å². The maximum absolute atomic E-state index is 3.62. The van der Waals surface area contributed by atoms with Crippen molar-refractivity contribution in [2.75, 3.05) is 52.4 Å². The summed E-state index contributed by atoms with van der Waals surface area (Å²) in [5.74, 6) is 3.78. The molecule has 4 nitrogen and oxygen atoms in total. The SMILES string of the molecule is C.C=CCNCC=C.C=CCNCC=C.CCC1CNCC(CC2CNCC2CC)C1. The fraction of sp³-hybridized carbons (Fsp3) is 0.704. The lowest BCUT2D eigenvalue weighted by Gasteiger charge is -2.32. The zero-order valence-corrected chi connectivity index (χ0v) is 19.9. The van der Waals surface area contributed by atoms with Crippen molar-refractivity contribution in [2.24, 2.45) is 23.7 Å². The van der Waals surface area contributed by atoms with Crippen LogP contribution in [-0.2, 0) is 0 Å². The minimum atomic E-state index is 0. The molecule has 31 heavy (non-hydrogen) atoms. The Morgan fingerprint density at radius 3 is 1.58 bits per heavy atom. The van der Waals surface area contributed by atoms with Gasteiger partial charge < -0.3 is 21.3 Å². The predicted octanol–water partition coefficient (Wildman–Crippen LogP) is 4.79. The summed E-state index contributed by atoms with van der Waals surface area (Å²) in [6.07, 6.45) is 12.9. The van der Waals surface area contributed by atoms with E-state index in [1.807, 2.05) is 24.3 Å². The lowest BCUT2D eigenvalue weighted by molar-refractivity contribution is 0.225. The first kappa shape index (κ1) is 32.0. The molecule has 0 bridgehead atoms. The molecule has 0 aliphatic carbocycles. The fourth-order valence-corrected chi connectivity index (χ4v) is 4.16. The molecule has 2 aliphatic heterocycles. The van der Waals surface area contributed by atoms with Crippen LogP contribution in [0.2, 0.25) is 0 Å². The second-order valence-corrected chi connectivity index (χ2v) is 8.33. The molecule has 4 unspecified atom stereocenters. The van der Waals surface area contributed by atoms with Crippen LogP contribution >= 0.6 is 0 Å². The Hall–Kier alpha value is -1.20. The van der Waals surface area contributed by atoms with Crippen LogP contribution < -0.4 is 21.3 Å². The van der Waals surface area contributed by atoms with Gasteiger partial charge in [0.25, 0.3) is 0 Å². The molecule has 4 N–H and O–H groups in total. The van der Waals surface area contributed by atoms with Crippen molar-refractivity contribution < 1.29 is 0 Å². The molecule has 182 valence electrons. The van der Waals surface area contributed by atoms with E-state index in [0.29, 0.717) is 0 Å². The van der Waals surface area contributed by atoms with Gasteiger partial charge in [-0.05, 0) is 62.7 Å². The molecule has 2 fully saturated rings. The van der Waals surface area contributed by atoms with E-state index in [1.54, 1.807) is 0 Å². The average molecular weight is 435 g/mol. The summed E-state index contributed by atoms with van der Waals surface area (Å²) in [6, 6.07) is 0. The number of rotatable bonds is 12. The van der Waals surface area contributed by atoms with E-state index in [4.69, 9.17) is 0 Å². The molecule has 0 aromatic carbocycles. The Bertz CT molecular complexity index is 401. The first-order chi connectivity index (χ1) is 14.7. The van der Waals surface area contributed by atoms with Gasteiger partial charge in [0.2, 0.25) is 0 Å². The summed E-state index contributed by atoms with van der Waals surface area (Å²) in [6.45, 7) is 27.3. The summed E-state index contributed by atoms with van der Waals surface area (Å²) in [4.78, 5) is 0. The number of piperidine rings is 1. The molecule has 0 spiro atoms. The Balaban J connectivity index is 0. The molecular formula is C27H54N4. The second kappa shape index (κ2) is 23.5. The van der Waals surface area contributed by atoms with E-state index in [0.717, 1.165) is 49.9 Å². The lowest BCUT2D eigenvalue weighted by Crippen LogP contribution is -2.37. The topological polar surface area (TPSA) is 48.1 Å². The molecule has 0 amide bonds. The standard InChI is InChI=1S/C14H28N2.2C6H11N.CH4/c1-3-11-5-12(8-15-7-11)6-14-10-16-9-13(14)4-2;2*1-3-5-7-6-4-2;/h11-16H,3-10H2,1-2H3;2*3-4,7H,1-2,5-6H2;1H4. The highest BCUT2D eigenvalue weighted by Crippen LogP contribution is 2.31. The first-order valence-electron chi connectivity index (χ1n) is 11.9. The summed E-state index contributed by atoms with van der Waals surface area (Å²) in [7, 11) is 0. The Morgan fingerprint density at radius 2 is 1.13 bits per heavy atom. The van der Waals surface area contributed by atoms with Crippen molar-refractivity contribution in [2.45, 2.75) is 47.0 Å². The highest BCUT2D eigenvalue weighted by molar-refractivity contribution is 4.85. The van der Waals surface area contributed by atoms with Crippen molar-refractivity contribution >= 4 is 0 Å². The van der Waals surface area contributed by atoms with Crippen LogP contribution in [0.15, 0.2) is 50.6 Å². The maximum Gasteiger partial charge on any atom is 0.0135 e. The molecule has 2 aliphatic rings. The van der Waals surface area contributed by atoms with Crippen LogP contribution in [0.3, 0.4) is 0 Å². The Kier molecular flexibility index (Phi) is 24.2. The van der Waals surface area contributed by atoms with Gasteiger partial charge in [0.15, 0.2) is 0 Å². The van der Waals surface area contributed by atoms with Crippen LogP contribution in [0.4, 0.5) is 0 Å². The predicted molar refractivity (Wildman–Crippen MR) is 143 cm³/mol. The maximum atomic E-state index is 3.62. The highest BCUT2D eigenvalue weighted by Gasteiger charge is 2.30. The van der Waals surface area contributed by atoms with Crippen LogP contribution in [-0.4, -0.2) is 52.4 Å². The van der Waals surface area contributed by atoms with E-state index in [-0.39, 0.29) is 7.43 Å². The van der Waals surface area contributed by atoms with Gasteiger partial charge in [-0.25, -0.2) is 0 Å². The van der Waals surface area contributed by atoms with E-state index in [2.05, 4.69) is 61.4 Å². The van der Waals surface area contributed by atoms with Crippen molar-refractivity contribution in [1.82, 2.24) is 21.3 Å². The quantitative estimate of drug-likeness (QED) is 0.263. The molecule has 0 aromatic rings. The van der Waals surface area contributed by atoms with Gasteiger partial charge in [0.1, 0.15) is 0 Å². The van der Waals surface area contributed by atoms with E-state index in [9.17, 15) is 0 Å². The Morgan fingerprint density at radius 1 is 0.677 bits per heavy atom. The van der Waals surface area contributed by atoms with Gasteiger partial charge in [-0.3, -0.25) is 0 Å². The third kappa shape index (κ3) is 17.1. The van der Waals surface area contributed by atoms with E-state index in [1.165, 1.54) is 51.9 Å². The summed E-state index contributed by atoms with van der Waals surface area (Å²) >= 11 is 0. The number of nitrogens with one attached hydrogen (secondary N) is 4. The zero-order valence-electron chi connectivity index (χ0n) is 19.9. The van der Waals surface area contributed by atoms with E-state index < -0.39 is 0 Å². The second-order valence-electron chi connectivity index (χ2n) is 8.33. The minimum Gasteiger partial charge on any atom is -0.316 e. The lowest BCUT2D eigenvalue weighted by atomic mass is 9.79. The molecule has 2 heterocycles. The molecule has 0 aromatic heterocycles. The van der Waals surface area contributed by atoms with Crippen LogP contribution in [0, 0.1) is 23.7 Å². The number of hydrogen-bond acceptors (Lipinski definition) is 4. The smallest absolute Gasteiger partial charge is 0.0135 e. The van der Waals surface area contributed by atoms with Gasteiger partial charge >= 0.3 is 0 Å². The minimum absolute atomic E-state index is 0. The molecule has 4 atom stereocenters. The molecular weight excluding hydrogens is 380 g/mol. The molecule has 0 radical (unpaired) electrons.